The van der Waals surface area contributed by atoms with E-state index in [2.05, 4.69) is 27.1 Å². The fourth-order valence-corrected chi connectivity index (χ4v) is 2.61. The number of thiocarbonyl (C=S) groups is 1. The number of nitrogens with zero attached hydrogens (tertiary/aromatic N) is 3. The van der Waals surface area contributed by atoms with Gasteiger partial charge in [-0.05, 0) is 44.8 Å². The molecule has 1 aliphatic heterocycles. The van der Waals surface area contributed by atoms with Crippen LogP contribution in [0.3, 0.4) is 0 Å². The smallest absolute Gasteiger partial charge is 0.223 e. The van der Waals surface area contributed by atoms with Crippen molar-refractivity contribution in [3.63, 3.8) is 0 Å². The topological polar surface area (TPSA) is 67.1 Å². The van der Waals surface area contributed by atoms with Gasteiger partial charge in [0.2, 0.25) is 5.95 Å². The van der Waals surface area contributed by atoms with E-state index in [1.54, 1.807) is 6.07 Å². The molecule has 20 heavy (non-hydrogen) atoms. The van der Waals surface area contributed by atoms with Crippen molar-refractivity contribution in [2.75, 3.05) is 31.5 Å². The summed E-state index contributed by atoms with van der Waals surface area (Å²) in [6.45, 7) is 8.61. The molecule has 5 nitrogen and oxygen atoms in total. The van der Waals surface area contributed by atoms with Crippen LogP contribution in [0.15, 0.2) is 6.07 Å². The molecule has 110 valence electrons. The normalized spacial score (nSPS) is 17.1. The summed E-state index contributed by atoms with van der Waals surface area (Å²) < 4.78 is 0. The summed E-state index contributed by atoms with van der Waals surface area (Å²) in [7, 11) is 0. The van der Waals surface area contributed by atoms with Gasteiger partial charge in [0.1, 0.15) is 10.7 Å². The second-order valence-electron chi connectivity index (χ2n) is 5.58. The maximum Gasteiger partial charge on any atom is 0.223 e. The number of anilines is 1. The Kier molecular flexibility index (Phi) is 5.25. The zero-order valence-corrected chi connectivity index (χ0v) is 13.0. The standard InChI is InChI=1S/C14H23N5S/c1-10(9-19-5-3-4-6-19)8-16-14-17-11(2)7-12(18-14)13(15)20/h7,10H,3-6,8-9H2,1-2H3,(H2,15,20)(H,16,17,18). The molecule has 0 radical (unpaired) electrons. The Bertz CT molecular complexity index is 471. The maximum absolute atomic E-state index is 5.62. The quantitative estimate of drug-likeness (QED) is 0.776. The fourth-order valence-electron chi connectivity index (χ4n) is 2.51. The molecule has 0 aromatic carbocycles. The van der Waals surface area contributed by atoms with Gasteiger partial charge in [0, 0.05) is 18.8 Å². The van der Waals surface area contributed by atoms with Gasteiger partial charge in [-0.2, -0.15) is 0 Å². The van der Waals surface area contributed by atoms with Gasteiger partial charge in [-0.3, -0.25) is 0 Å². The first-order valence-electron chi connectivity index (χ1n) is 7.16. The van der Waals surface area contributed by atoms with Crippen LogP contribution in [0.25, 0.3) is 0 Å². The van der Waals surface area contributed by atoms with Gasteiger partial charge in [0.15, 0.2) is 0 Å². The molecule has 0 aliphatic carbocycles. The highest BCUT2D eigenvalue weighted by Gasteiger charge is 2.14. The molecule has 0 spiro atoms. The molecule has 1 fully saturated rings. The maximum atomic E-state index is 5.62. The van der Waals surface area contributed by atoms with Gasteiger partial charge in [0.25, 0.3) is 0 Å². The number of likely N-dealkylation sites (tertiary alicyclic amines) is 1. The van der Waals surface area contributed by atoms with Crippen molar-refractivity contribution in [3.8, 4) is 0 Å². The minimum atomic E-state index is 0.309. The molecule has 6 heteroatoms. The van der Waals surface area contributed by atoms with E-state index in [0.717, 1.165) is 18.8 Å². The summed E-state index contributed by atoms with van der Waals surface area (Å²) in [5.74, 6) is 1.17. The lowest BCUT2D eigenvalue weighted by atomic mass is 10.1. The molecular weight excluding hydrogens is 270 g/mol. The lowest BCUT2D eigenvalue weighted by Gasteiger charge is -2.20. The molecule has 2 rings (SSSR count). The molecule has 2 heterocycles. The Labute approximate surface area is 126 Å². The van der Waals surface area contributed by atoms with Crippen LogP contribution in [0, 0.1) is 12.8 Å². The van der Waals surface area contributed by atoms with E-state index in [4.69, 9.17) is 18.0 Å². The van der Waals surface area contributed by atoms with E-state index in [0.29, 0.717) is 22.5 Å². The van der Waals surface area contributed by atoms with Crippen LogP contribution in [-0.2, 0) is 0 Å². The van der Waals surface area contributed by atoms with Crippen molar-refractivity contribution < 1.29 is 0 Å². The Morgan fingerprint density at radius 2 is 2.15 bits per heavy atom. The van der Waals surface area contributed by atoms with Gasteiger partial charge < -0.3 is 16.0 Å². The SMILES string of the molecule is Cc1cc(C(N)=S)nc(NCC(C)CN2CCCC2)n1. The molecule has 3 N–H and O–H groups in total. The van der Waals surface area contributed by atoms with Crippen molar-refractivity contribution in [1.29, 1.82) is 0 Å². The number of hydrogen-bond acceptors (Lipinski definition) is 5. The number of hydrogen-bond donors (Lipinski definition) is 2. The third kappa shape index (κ3) is 4.38. The number of nitrogens with one attached hydrogen (secondary N) is 1. The number of rotatable bonds is 6. The van der Waals surface area contributed by atoms with E-state index in [1.165, 1.54) is 25.9 Å². The van der Waals surface area contributed by atoms with Gasteiger partial charge in [-0.15, -0.1) is 0 Å². The molecule has 0 saturated carbocycles. The van der Waals surface area contributed by atoms with Crippen molar-refractivity contribution in [3.05, 3.63) is 17.5 Å². The van der Waals surface area contributed by atoms with Crippen molar-refractivity contribution in [2.24, 2.45) is 11.7 Å². The van der Waals surface area contributed by atoms with Crippen LogP contribution in [0.1, 0.15) is 31.2 Å². The second kappa shape index (κ2) is 6.95. The number of nitrogens with two attached hydrogens (primary N) is 1. The third-order valence-corrected chi connectivity index (χ3v) is 3.69. The van der Waals surface area contributed by atoms with Crippen LogP contribution in [0.2, 0.25) is 0 Å². The highest BCUT2D eigenvalue weighted by molar-refractivity contribution is 7.80. The molecule has 1 unspecified atom stereocenters. The first-order chi connectivity index (χ1) is 9.54. The lowest BCUT2D eigenvalue weighted by molar-refractivity contribution is 0.294. The summed E-state index contributed by atoms with van der Waals surface area (Å²) in [6.07, 6.45) is 2.66. The van der Waals surface area contributed by atoms with E-state index >= 15 is 0 Å². The average molecular weight is 293 g/mol. The molecule has 1 aromatic rings. The Hall–Kier alpha value is -1.27. The minimum Gasteiger partial charge on any atom is -0.388 e. The second-order valence-corrected chi connectivity index (χ2v) is 6.02. The summed E-state index contributed by atoms with van der Waals surface area (Å²) in [6, 6.07) is 1.81. The first-order valence-corrected chi connectivity index (χ1v) is 7.57. The van der Waals surface area contributed by atoms with Crippen molar-refractivity contribution in [2.45, 2.75) is 26.7 Å². The zero-order chi connectivity index (χ0) is 14.5. The summed E-state index contributed by atoms with van der Waals surface area (Å²) >= 11 is 4.97. The van der Waals surface area contributed by atoms with E-state index in [-0.39, 0.29) is 0 Å². The molecule has 0 amide bonds. The van der Waals surface area contributed by atoms with Gasteiger partial charge >= 0.3 is 0 Å². The van der Waals surface area contributed by atoms with E-state index < -0.39 is 0 Å². The van der Waals surface area contributed by atoms with Crippen LogP contribution in [0.4, 0.5) is 5.95 Å². The van der Waals surface area contributed by atoms with Gasteiger partial charge in [0.05, 0.1) is 0 Å². The molecule has 1 saturated heterocycles. The molecule has 1 aromatic heterocycles. The van der Waals surface area contributed by atoms with Crippen molar-refractivity contribution in [1.82, 2.24) is 14.9 Å². The van der Waals surface area contributed by atoms with Gasteiger partial charge in [-0.25, -0.2) is 9.97 Å². The Morgan fingerprint density at radius 3 is 2.80 bits per heavy atom. The molecule has 1 aliphatic rings. The van der Waals surface area contributed by atoms with Crippen LogP contribution < -0.4 is 11.1 Å². The van der Waals surface area contributed by atoms with E-state index in [1.807, 2.05) is 6.92 Å². The zero-order valence-electron chi connectivity index (χ0n) is 12.2. The van der Waals surface area contributed by atoms with Crippen LogP contribution in [-0.4, -0.2) is 46.0 Å². The summed E-state index contributed by atoms with van der Waals surface area (Å²) in [5, 5.41) is 3.29. The predicted octanol–water partition coefficient (Wildman–Crippen LogP) is 1.56. The van der Waals surface area contributed by atoms with Gasteiger partial charge in [-0.1, -0.05) is 19.1 Å². The first kappa shape index (κ1) is 15.1. The average Bonchev–Trinajstić information content (AvgIpc) is 2.88. The number of aromatic nitrogens is 2. The highest BCUT2D eigenvalue weighted by atomic mass is 32.1. The molecule has 1 atom stereocenters. The Morgan fingerprint density at radius 1 is 1.45 bits per heavy atom. The molecular formula is C14H23N5S. The third-order valence-electron chi connectivity index (χ3n) is 3.48. The monoisotopic (exact) mass is 293 g/mol. The highest BCUT2D eigenvalue weighted by Crippen LogP contribution is 2.11. The lowest BCUT2D eigenvalue weighted by Crippen LogP contribution is -2.29. The largest absolute Gasteiger partial charge is 0.388 e. The fraction of sp³-hybridized carbons (Fsp3) is 0.643. The predicted molar refractivity (Wildman–Crippen MR) is 86.0 cm³/mol. The summed E-state index contributed by atoms with van der Waals surface area (Å²) in [4.78, 5) is 11.5. The van der Waals surface area contributed by atoms with Crippen LogP contribution in [0.5, 0.6) is 0 Å². The minimum absolute atomic E-state index is 0.309. The summed E-state index contributed by atoms with van der Waals surface area (Å²) in [5.41, 5.74) is 7.12. The Balaban J connectivity index is 1.87. The van der Waals surface area contributed by atoms with Crippen LogP contribution >= 0.6 is 12.2 Å². The van der Waals surface area contributed by atoms with E-state index in [9.17, 15) is 0 Å². The van der Waals surface area contributed by atoms with Crippen molar-refractivity contribution >= 4 is 23.2 Å². The number of aryl methyl sites for hydroxylation is 1. The molecule has 0 bridgehead atoms.